The number of fused-ring (bicyclic) bond motifs is 2. The molecule has 3 aromatic heterocycles. The average Bonchev–Trinajstić information content (AvgIpc) is 3.46. The molecule has 0 bridgehead atoms. The monoisotopic (exact) mass is 595 g/mol. The molecule has 3 aromatic carbocycles. The number of halogens is 3. The summed E-state index contributed by atoms with van der Waals surface area (Å²) in [6.07, 6.45) is 1.83. The van der Waals surface area contributed by atoms with Gasteiger partial charge in [0.1, 0.15) is 0 Å². The average molecular weight is 596 g/mol. The molecule has 0 saturated carbocycles. The van der Waals surface area contributed by atoms with Crippen molar-refractivity contribution in [1.29, 1.82) is 0 Å². The van der Waals surface area contributed by atoms with E-state index in [4.69, 9.17) is 0 Å². The Morgan fingerprint density at radius 2 is 1.56 bits per heavy atom. The van der Waals surface area contributed by atoms with Gasteiger partial charge in [-0.15, -0.1) is 11.3 Å². The Labute approximate surface area is 235 Å². The van der Waals surface area contributed by atoms with Crippen LogP contribution in [0.15, 0.2) is 100 Å². The van der Waals surface area contributed by atoms with E-state index in [1.807, 2.05) is 53.9 Å². The van der Waals surface area contributed by atoms with E-state index in [2.05, 4.69) is 4.98 Å². The Kier molecular flexibility index (Phi) is 6.46. The SMILES string of the molecule is O=c1n(Cc2ccnc3ccccc23)c(Cc2csc3ccccc23)c(O)n1-c1ccc(S(=O)(=O)C(F)(F)F)cc1. The minimum Gasteiger partial charge on any atom is -0.493 e. The number of aromatic nitrogens is 3. The van der Waals surface area contributed by atoms with Gasteiger partial charge in [-0.3, -0.25) is 9.55 Å². The summed E-state index contributed by atoms with van der Waals surface area (Å²) in [6.45, 7) is 0.0837. The smallest absolute Gasteiger partial charge is 0.493 e. The van der Waals surface area contributed by atoms with Gasteiger partial charge in [0.25, 0.3) is 9.84 Å². The second-order valence-electron chi connectivity index (χ2n) is 9.34. The van der Waals surface area contributed by atoms with Gasteiger partial charge in [0.05, 0.1) is 28.3 Å². The largest absolute Gasteiger partial charge is 0.501 e. The molecule has 6 aromatic rings. The van der Waals surface area contributed by atoms with E-state index >= 15 is 0 Å². The first-order valence-corrected chi connectivity index (χ1v) is 14.7. The van der Waals surface area contributed by atoms with Crippen molar-refractivity contribution in [2.75, 3.05) is 0 Å². The molecule has 0 saturated heterocycles. The van der Waals surface area contributed by atoms with Gasteiger partial charge in [-0.1, -0.05) is 36.4 Å². The number of benzene rings is 3. The predicted molar refractivity (Wildman–Crippen MR) is 150 cm³/mol. The van der Waals surface area contributed by atoms with Crippen molar-refractivity contribution >= 4 is 42.2 Å². The number of para-hydroxylation sites is 1. The van der Waals surface area contributed by atoms with Crippen molar-refractivity contribution in [3.05, 3.63) is 118 Å². The molecule has 0 radical (unpaired) electrons. The maximum Gasteiger partial charge on any atom is 0.501 e. The quantitative estimate of drug-likeness (QED) is 0.253. The number of hydrogen-bond donors (Lipinski definition) is 1. The highest BCUT2D eigenvalue weighted by Crippen LogP contribution is 2.33. The molecule has 0 unspecified atom stereocenters. The van der Waals surface area contributed by atoms with Crippen LogP contribution in [0.25, 0.3) is 26.7 Å². The highest BCUT2D eigenvalue weighted by atomic mass is 32.2. The maximum absolute atomic E-state index is 13.8. The van der Waals surface area contributed by atoms with E-state index < -0.39 is 31.8 Å². The van der Waals surface area contributed by atoms with Crippen molar-refractivity contribution in [3.8, 4) is 11.6 Å². The van der Waals surface area contributed by atoms with Gasteiger partial charge in [-0.05, 0) is 64.4 Å². The van der Waals surface area contributed by atoms with Crippen LogP contribution in [0.5, 0.6) is 5.88 Å². The molecule has 0 aliphatic heterocycles. The third kappa shape index (κ3) is 4.58. The summed E-state index contributed by atoms with van der Waals surface area (Å²) >= 11 is 1.53. The maximum atomic E-state index is 13.8. The number of thiophene rings is 1. The molecule has 3 heterocycles. The van der Waals surface area contributed by atoms with Crippen molar-refractivity contribution < 1.29 is 26.7 Å². The normalized spacial score (nSPS) is 12.4. The van der Waals surface area contributed by atoms with E-state index in [0.29, 0.717) is 5.69 Å². The Bertz CT molecular complexity index is 2090. The Hall–Kier alpha value is -4.42. The zero-order valence-electron chi connectivity index (χ0n) is 21.0. The minimum absolute atomic E-state index is 0.0170. The molecule has 12 heteroatoms. The number of hydrogen-bond acceptors (Lipinski definition) is 6. The van der Waals surface area contributed by atoms with E-state index in [1.165, 1.54) is 15.9 Å². The lowest BCUT2D eigenvalue weighted by atomic mass is 10.1. The summed E-state index contributed by atoms with van der Waals surface area (Å²) in [5, 5.41) is 15.1. The number of alkyl halides is 3. The van der Waals surface area contributed by atoms with Crippen molar-refractivity contribution in [1.82, 2.24) is 14.1 Å². The van der Waals surface area contributed by atoms with Gasteiger partial charge in [0.2, 0.25) is 5.88 Å². The number of imidazole rings is 1. The first-order valence-electron chi connectivity index (χ1n) is 12.3. The lowest BCUT2D eigenvalue weighted by molar-refractivity contribution is -0.0436. The fourth-order valence-corrected chi connectivity index (χ4v) is 6.59. The standard InChI is InChI=1S/C29H20F3N3O4S2/c30-29(31,32)41(38,39)21-11-9-20(10-12-21)35-27(36)25(15-19-17-40-26-8-4-2-6-23(19)26)34(28(35)37)16-18-13-14-33-24-7-3-1-5-22(18)24/h1-14,17,36H,15-16H2. The molecule has 0 fully saturated rings. The molecule has 208 valence electrons. The number of sulfone groups is 1. The Balaban J connectivity index is 1.50. The number of rotatable bonds is 6. The second-order valence-corrected chi connectivity index (χ2v) is 12.2. The van der Waals surface area contributed by atoms with Crippen LogP contribution >= 0.6 is 11.3 Å². The molecular formula is C29H20F3N3O4S2. The topological polar surface area (TPSA) is 94.2 Å². The molecule has 0 aliphatic carbocycles. The molecule has 0 amide bonds. The van der Waals surface area contributed by atoms with E-state index in [9.17, 15) is 31.5 Å². The summed E-state index contributed by atoms with van der Waals surface area (Å²) in [7, 11) is -5.58. The summed E-state index contributed by atoms with van der Waals surface area (Å²) in [5.74, 6) is -0.393. The van der Waals surface area contributed by atoms with Gasteiger partial charge < -0.3 is 5.11 Å². The van der Waals surface area contributed by atoms with E-state index in [1.54, 1.807) is 12.3 Å². The summed E-state index contributed by atoms with van der Waals surface area (Å²) < 4.78 is 66.2. The number of pyridine rings is 1. The van der Waals surface area contributed by atoms with Crippen LogP contribution in [0.2, 0.25) is 0 Å². The first-order chi connectivity index (χ1) is 19.6. The lowest BCUT2D eigenvalue weighted by Gasteiger charge is -2.10. The number of aromatic hydroxyl groups is 1. The van der Waals surface area contributed by atoms with Crippen molar-refractivity contribution in [3.63, 3.8) is 0 Å². The highest BCUT2D eigenvalue weighted by molar-refractivity contribution is 7.92. The van der Waals surface area contributed by atoms with Crippen molar-refractivity contribution in [2.45, 2.75) is 23.4 Å². The van der Waals surface area contributed by atoms with Gasteiger partial charge in [-0.2, -0.15) is 13.2 Å². The van der Waals surface area contributed by atoms with E-state index in [-0.39, 0.29) is 18.7 Å². The van der Waals surface area contributed by atoms with Gasteiger partial charge in [0.15, 0.2) is 0 Å². The molecule has 7 nitrogen and oxygen atoms in total. The van der Waals surface area contributed by atoms with Crippen LogP contribution < -0.4 is 5.69 Å². The molecule has 0 spiro atoms. The summed E-state index contributed by atoms with van der Waals surface area (Å²) in [4.78, 5) is 17.2. The Morgan fingerprint density at radius 1 is 0.878 bits per heavy atom. The van der Waals surface area contributed by atoms with Gasteiger partial charge >= 0.3 is 11.2 Å². The molecule has 0 aliphatic rings. The third-order valence-electron chi connectivity index (χ3n) is 6.91. The van der Waals surface area contributed by atoms with Crippen molar-refractivity contribution in [2.24, 2.45) is 0 Å². The highest BCUT2D eigenvalue weighted by Gasteiger charge is 2.46. The summed E-state index contributed by atoms with van der Waals surface area (Å²) in [5.41, 5.74) is -3.40. The molecular weight excluding hydrogens is 575 g/mol. The molecule has 41 heavy (non-hydrogen) atoms. The van der Waals surface area contributed by atoms with Crippen LogP contribution in [0.1, 0.15) is 16.8 Å². The molecule has 0 atom stereocenters. The summed E-state index contributed by atoms with van der Waals surface area (Å²) in [6, 6.07) is 20.6. The predicted octanol–water partition coefficient (Wildman–Crippen LogP) is 6.04. The molecule has 1 N–H and O–H groups in total. The zero-order valence-corrected chi connectivity index (χ0v) is 22.7. The van der Waals surface area contributed by atoms with E-state index in [0.717, 1.165) is 60.9 Å². The number of nitrogens with zero attached hydrogens (tertiary/aromatic N) is 3. The fourth-order valence-electron chi connectivity index (χ4n) is 4.87. The van der Waals surface area contributed by atoms with Gasteiger partial charge in [0, 0.05) is 22.7 Å². The fraction of sp³-hybridized carbons (Fsp3) is 0.103. The first kappa shape index (κ1) is 26.8. The minimum atomic E-state index is -5.58. The van der Waals surface area contributed by atoms with Crippen LogP contribution in [-0.4, -0.2) is 33.2 Å². The van der Waals surface area contributed by atoms with Crippen LogP contribution in [0.4, 0.5) is 13.2 Å². The zero-order chi connectivity index (χ0) is 28.9. The van der Waals surface area contributed by atoms with Crippen LogP contribution in [-0.2, 0) is 22.8 Å². The molecule has 6 rings (SSSR count). The lowest BCUT2D eigenvalue weighted by Crippen LogP contribution is -2.25. The Morgan fingerprint density at radius 3 is 2.29 bits per heavy atom. The van der Waals surface area contributed by atoms with Crippen LogP contribution in [0.3, 0.4) is 0 Å². The van der Waals surface area contributed by atoms with Gasteiger partial charge in [-0.25, -0.2) is 17.8 Å². The van der Waals surface area contributed by atoms with Crippen LogP contribution in [0, 0.1) is 0 Å². The second kappa shape index (κ2) is 9.89. The third-order valence-corrected chi connectivity index (χ3v) is 9.43.